The monoisotopic (exact) mass is 968 g/mol. The highest BCUT2D eigenvalue weighted by Gasteiger charge is 2.56. The first-order chi connectivity index (χ1) is 37.3. The van der Waals surface area contributed by atoms with Gasteiger partial charge in [0.1, 0.15) is 0 Å². The maximum absolute atomic E-state index is 4.68. The smallest absolute Gasteiger partial charge is 0.182 e. The molecule has 4 nitrogen and oxygen atoms in total. The van der Waals surface area contributed by atoms with E-state index in [1.54, 1.807) is 0 Å². The number of hydrogen-bond donors (Lipinski definition) is 0. The molecule has 4 aromatic heterocycles. The Labute approximate surface area is 434 Å². The van der Waals surface area contributed by atoms with Crippen molar-refractivity contribution in [3.63, 3.8) is 0 Å². The van der Waals surface area contributed by atoms with Crippen molar-refractivity contribution >= 4 is 72.4 Å². The van der Waals surface area contributed by atoms with E-state index < -0.39 is 8.07 Å². The number of hydrogen-bond acceptors (Lipinski definition) is 2. The minimum atomic E-state index is -3.09. The summed E-state index contributed by atoms with van der Waals surface area (Å²) in [7, 11) is -3.09. The van der Waals surface area contributed by atoms with Crippen molar-refractivity contribution in [2.24, 2.45) is 0 Å². The standard InChI is InChI=1S/C70H44N4Si/c1-5-25-59-55(17-1)56-18-2-6-26-60(56)73(59)49-37-33-45(34-38-49)51-21-9-29-63-67(51)68-52(46-35-39-50(40-36-46)74-61-27-7-3-19-57(61)58-20-4-8-28-62(58)74)22-10-30-64(68)75(63)65-31-11-23-53(47-15-13-41-71-43-47)69(65)70-54(24-12-32-66(70)75)48-16-14-42-72-44-48/h1-44H. The third-order valence-corrected chi connectivity index (χ3v) is 21.3. The van der Waals surface area contributed by atoms with Crippen LogP contribution in [0.2, 0.25) is 0 Å². The zero-order chi connectivity index (χ0) is 49.2. The van der Waals surface area contributed by atoms with Gasteiger partial charge in [-0.3, -0.25) is 9.97 Å². The van der Waals surface area contributed by atoms with Crippen LogP contribution in [0.5, 0.6) is 0 Å². The van der Waals surface area contributed by atoms with Gasteiger partial charge in [-0.1, -0.05) is 182 Å². The van der Waals surface area contributed by atoms with Crippen molar-refractivity contribution in [3.8, 4) is 78.1 Å². The molecule has 16 rings (SSSR count). The lowest BCUT2D eigenvalue weighted by Gasteiger charge is -2.28. The summed E-state index contributed by atoms with van der Waals surface area (Å²) >= 11 is 0. The molecule has 0 fully saturated rings. The molecule has 0 radical (unpaired) electrons. The predicted octanol–water partition coefficient (Wildman–Crippen LogP) is 14.7. The molecule has 0 saturated carbocycles. The normalized spacial score (nSPS) is 12.9. The van der Waals surface area contributed by atoms with Crippen molar-refractivity contribution < 1.29 is 0 Å². The Morgan fingerprint density at radius 2 is 0.560 bits per heavy atom. The van der Waals surface area contributed by atoms with Crippen molar-refractivity contribution in [3.05, 3.63) is 267 Å². The highest BCUT2D eigenvalue weighted by atomic mass is 28.3. The van der Waals surface area contributed by atoms with Crippen LogP contribution >= 0.6 is 0 Å². The molecule has 5 heteroatoms. The first-order valence-electron chi connectivity index (χ1n) is 25.8. The van der Waals surface area contributed by atoms with Crippen LogP contribution in [-0.2, 0) is 0 Å². The highest BCUT2D eigenvalue weighted by Crippen LogP contribution is 2.48. The summed E-state index contributed by atoms with van der Waals surface area (Å²) < 4.78 is 4.82. The van der Waals surface area contributed by atoms with Crippen LogP contribution in [0.1, 0.15) is 0 Å². The largest absolute Gasteiger partial charge is 0.309 e. The number of benzene rings is 10. The van der Waals surface area contributed by atoms with Crippen LogP contribution in [-0.4, -0.2) is 27.2 Å². The van der Waals surface area contributed by atoms with Gasteiger partial charge in [-0.15, -0.1) is 0 Å². The SMILES string of the molecule is c1cncc(-c2cccc3c2-c2c(-c4cccnc4)cccc2[Si]32c3cccc(-c4ccc(-n5c6ccccc6c6ccccc65)cc4)c3-c3c(-c4ccc(-n5c6ccccc6c6ccccc65)cc4)cccc32)c1. The lowest BCUT2D eigenvalue weighted by atomic mass is 9.89. The average molecular weight is 969 g/mol. The number of para-hydroxylation sites is 4. The van der Waals surface area contributed by atoms with Crippen LogP contribution in [0.25, 0.3) is 122 Å². The number of pyridine rings is 2. The van der Waals surface area contributed by atoms with Gasteiger partial charge in [0.05, 0.1) is 22.1 Å². The molecule has 10 aromatic carbocycles. The molecular formula is C70H44N4Si. The van der Waals surface area contributed by atoms with E-state index in [0.717, 1.165) is 22.5 Å². The van der Waals surface area contributed by atoms with Crippen LogP contribution < -0.4 is 20.7 Å². The highest BCUT2D eigenvalue weighted by molar-refractivity contribution is 7.24. The number of rotatable bonds is 6. The summed E-state index contributed by atoms with van der Waals surface area (Å²) in [5.41, 5.74) is 21.8. The average Bonchev–Trinajstić information content (AvgIpc) is 4.40. The van der Waals surface area contributed by atoms with Gasteiger partial charge in [-0.25, -0.2) is 0 Å². The van der Waals surface area contributed by atoms with Crippen LogP contribution in [0.15, 0.2) is 267 Å². The first kappa shape index (κ1) is 41.9. The van der Waals surface area contributed by atoms with Gasteiger partial charge in [0.25, 0.3) is 0 Å². The third kappa shape index (κ3) is 5.87. The van der Waals surface area contributed by atoms with E-state index in [1.807, 2.05) is 24.8 Å². The van der Waals surface area contributed by atoms with E-state index in [0.29, 0.717) is 0 Å². The summed E-state index contributed by atoms with van der Waals surface area (Å²) in [6.07, 6.45) is 7.78. The molecule has 2 aliphatic heterocycles. The molecule has 348 valence electrons. The molecule has 0 N–H and O–H groups in total. The maximum Gasteiger partial charge on any atom is 0.182 e. The van der Waals surface area contributed by atoms with Crippen LogP contribution in [0.3, 0.4) is 0 Å². The molecule has 14 aromatic rings. The third-order valence-electron chi connectivity index (χ3n) is 16.4. The van der Waals surface area contributed by atoms with E-state index in [4.69, 9.17) is 0 Å². The quantitative estimate of drug-likeness (QED) is 0.156. The molecule has 0 bridgehead atoms. The van der Waals surface area contributed by atoms with Gasteiger partial charge in [-0.05, 0) is 137 Å². The fourth-order valence-electron chi connectivity index (χ4n) is 13.4. The van der Waals surface area contributed by atoms with Crippen molar-refractivity contribution in [1.29, 1.82) is 0 Å². The molecule has 1 spiro atoms. The molecule has 0 amide bonds. The lowest BCUT2D eigenvalue weighted by Crippen LogP contribution is -2.70. The molecule has 75 heavy (non-hydrogen) atoms. The molecule has 2 aliphatic rings. The summed E-state index contributed by atoms with van der Waals surface area (Å²) in [4.78, 5) is 9.35. The Bertz CT molecular complexity index is 4220. The molecule has 0 unspecified atom stereocenters. The fraction of sp³-hybridized carbons (Fsp3) is 0. The summed E-state index contributed by atoms with van der Waals surface area (Å²) in [5.74, 6) is 0. The number of aromatic nitrogens is 4. The Morgan fingerprint density at radius 1 is 0.253 bits per heavy atom. The van der Waals surface area contributed by atoms with Gasteiger partial charge in [-0.2, -0.15) is 0 Å². The molecule has 0 atom stereocenters. The summed E-state index contributed by atoms with van der Waals surface area (Å²) in [6, 6.07) is 90.6. The van der Waals surface area contributed by atoms with Crippen molar-refractivity contribution in [1.82, 2.24) is 19.1 Å². The zero-order valence-electron chi connectivity index (χ0n) is 40.7. The van der Waals surface area contributed by atoms with Gasteiger partial charge in [0.2, 0.25) is 0 Å². The van der Waals surface area contributed by atoms with E-state index in [-0.39, 0.29) is 0 Å². The van der Waals surface area contributed by atoms with Gasteiger partial charge >= 0.3 is 0 Å². The fourth-order valence-corrected chi connectivity index (χ4v) is 19.1. The maximum atomic E-state index is 4.68. The number of fused-ring (bicyclic) bond motifs is 16. The van der Waals surface area contributed by atoms with Gasteiger partial charge in [0, 0.05) is 68.8 Å². The first-order valence-corrected chi connectivity index (χ1v) is 27.8. The molecule has 0 saturated heterocycles. The van der Waals surface area contributed by atoms with E-state index >= 15 is 0 Å². The molecule has 0 aliphatic carbocycles. The second-order valence-electron chi connectivity index (χ2n) is 20.0. The molecule has 6 heterocycles. The second kappa shape index (κ2) is 16.2. The zero-order valence-corrected chi connectivity index (χ0v) is 41.7. The summed E-state index contributed by atoms with van der Waals surface area (Å²) in [5, 5.41) is 10.7. The van der Waals surface area contributed by atoms with Gasteiger partial charge < -0.3 is 9.13 Å². The Balaban J connectivity index is 0.963. The second-order valence-corrected chi connectivity index (χ2v) is 23.6. The Morgan fingerprint density at radius 3 is 0.867 bits per heavy atom. The van der Waals surface area contributed by atoms with Crippen LogP contribution in [0, 0.1) is 0 Å². The van der Waals surface area contributed by atoms with Crippen LogP contribution in [0.4, 0.5) is 0 Å². The topological polar surface area (TPSA) is 35.6 Å². The molecular weight excluding hydrogens is 925 g/mol. The van der Waals surface area contributed by atoms with Crippen molar-refractivity contribution in [2.45, 2.75) is 0 Å². The number of nitrogens with zero attached hydrogens (tertiary/aromatic N) is 4. The van der Waals surface area contributed by atoms with Gasteiger partial charge in [0.15, 0.2) is 8.07 Å². The minimum Gasteiger partial charge on any atom is -0.309 e. The van der Waals surface area contributed by atoms with Crippen molar-refractivity contribution in [2.75, 3.05) is 0 Å². The summed E-state index contributed by atoms with van der Waals surface area (Å²) in [6.45, 7) is 0. The Hall–Kier alpha value is -9.68. The van der Waals surface area contributed by atoms with E-state index in [1.165, 1.54) is 120 Å². The Kier molecular flexibility index (Phi) is 9.02. The predicted molar refractivity (Wildman–Crippen MR) is 314 cm³/mol. The van der Waals surface area contributed by atoms with E-state index in [2.05, 4.69) is 262 Å². The minimum absolute atomic E-state index is 1.11. The lowest BCUT2D eigenvalue weighted by molar-refractivity contribution is 1.18. The van der Waals surface area contributed by atoms with E-state index in [9.17, 15) is 0 Å².